The molecule has 1 amide bonds. The Hall–Kier alpha value is -2.63. The molecular formula is C18H14Cl2N4O. The van der Waals surface area contributed by atoms with Gasteiger partial charge in [-0.05, 0) is 30.3 Å². The summed E-state index contributed by atoms with van der Waals surface area (Å²) in [5.41, 5.74) is 1.85. The Labute approximate surface area is 155 Å². The average molecular weight is 373 g/mol. The maximum atomic E-state index is 12.5. The van der Waals surface area contributed by atoms with Crippen molar-refractivity contribution in [2.75, 3.05) is 17.3 Å². The first-order valence-electron chi connectivity index (χ1n) is 7.41. The van der Waals surface area contributed by atoms with Crippen molar-refractivity contribution in [1.29, 1.82) is 0 Å². The van der Waals surface area contributed by atoms with E-state index in [9.17, 15) is 4.79 Å². The molecule has 0 spiro atoms. The smallest absolute Gasteiger partial charge is 0.261 e. The predicted octanol–water partition coefficient (Wildman–Crippen LogP) is 4.80. The van der Waals surface area contributed by atoms with E-state index in [1.54, 1.807) is 30.1 Å². The Morgan fingerprint density at radius 1 is 1.00 bits per heavy atom. The summed E-state index contributed by atoms with van der Waals surface area (Å²) in [6.07, 6.45) is 2.95. The number of para-hydroxylation sites is 1. The zero-order valence-electron chi connectivity index (χ0n) is 13.3. The van der Waals surface area contributed by atoms with E-state index in [4.69, 9.17) is 23.2 Å². The van der Waals surface area contributed by atoms with Gasteiger partial charge in [-0.25, -0.2) is 9.97 Å². The molecule has 126 valence electrons. The van der Waals surface area contributed by atoms with Crippen molar-refractivity contribution in [1.82, 2.24) is 9.97 Å². The fourth-order valence-electron chi connectivity index (χ4n) is 2.22. The molecular weight excluding hydrogens is 359 g/mol. The molecule has 0 aliphatic rings. The summed E-state index contributed by atoms with van der Waals surface area (Å²) in [6.45, 7) is 0. The van der Waals surface area contributed by atoms with Crippen molar-refractivity contribution in [2.24, 2.45) is 0 Å². The molecule has 0 atom stereocenters. The van der Waals surface area contributed by atoms with Crippen LogP contribution in [0.2, 0.25) is 10.0 Å². The second-order valence-electron chi connectivity index (χ2n) is 5.28. The molecule has 0 fully saturated rings. The summed E-state index contributed by atoms with van der Waals surface area (Å²) in [5.74, 6) is 0.154. The van der Waals surface area contributed by atoms with Gasteiger partial charge in [-0.2, -0.15) is 0 Å². The second kappa shape index (κ2) is 7.51. The van der Waals surface area contributed by atoms with Crippen LogP contribution in [0, 0.1) is 0 Å². The van der Waals surface area contributed by atoms with Crippen LogP contribution in [0.25, 0.3) is 0 Å². The van der Waals surface area contributed by atoms with Gasteiger partial charge in [0.05, 0.1) is 5.56 Å². The number of nitrogens with one attached hydrogen (secondary N) is 1. The molecule has 1 heterocycles. The van der Waals surface area contributed by atoms with Crippen molar-refractivity contribution in [3.8, 4) is 0 Å². The number of amides is 1. The third kappa shape index (κ3) is 4.26. The molecule has 25 heavy (non-hydrogen) atoms. The van der Waals surface area contributed by atoms with Crippen molar-refractivity contribution < 1.29 is 4.79 Å². The SMILES string of the molecule is CN(C(=O)c1cnc(Nc2cc(Cl)cc(Cl)c2)nc1)c1ccccc1. The second-order valence-corrected chi connectivity index (χ2v) is 6.15. The minimum absolute atomic E-state index is 0.191. The number of benzene rings is 2. The summed E-state index contributed by atoms with van der Waals surface area (Å²) in [5, 5.41) is 4.01. The first kappa shape index (κ1) is 17.2. The van der Waals surface area contributed by atoms with Crippen molar-refractivity contribution in [3.63, 3.8) is 0 Å². The quantitative estimate of drug-likeness (QED) is 0.714. The minimum atomic E-state index is -0.191. The van der Waals surface area contributed by atoms with E-state index in [-0.39, 0.29) is 5.91 Å². The van der Waals surface area contributed by atoms with Crippen LogP contribution < -0.4 is 10.2 Å². The van der Waals surface area contributed by atoms with Crippen LogP contribution in [-0.4, -0.2) is 22.9 Å². The number of halogens is 2. The number of aromatic nitrogens is 2. The van der Waals surface area contributed by atoms with Crippen molar-refractivity contribution >= 4 is 46.4 Å². The number of rotatable bonds is 4. The number of nitrogens with zero attached hydrogens (tertiary/aromatic N) is 3. The summed E-state index contributed by atoms with van der Waals surface area (Å²) < 4.78 is 0. The largest absolute Gasteiger partial charge is 0.324 e. The third-order valence-electron chi connectivity index (χ3n) is 3.47. The lowest BCUT2D eigenvalue weighted by atomic mass is 10.2. The molecule has 2 aromatic carbocycles. The molecule has 0 unspecified atom stereocenters. The molecule has 3 aromatic rings. The van der Waals surface area contributed by atoms with E-state index in [2.05, 4.69) is 15.3 Å². The van der Waals surface area contributed by atoms with Crippen LogP contribution in [0.15, 0.2) is 60.9 Å². The van der Waals surface area contributed by atoms with Gasteiger partial charge < -0.3 is 10.2 Å². The Bertz CT molecular complexity index is 865. The van der Waals surface area contributed by atoms with Gasteiger partial charge in [-0.15, -0.1) is 0 Å². The summed E-state index contributed by atoms with van der Waals surface area (Å²) in [6, 6.07) is 14.4. The maximum absolute atomic E-state index is 12.5. The van der Waals surface area contributed by atoms with E-state index in [1.165, 1.54) is 12.4 Å². The van der Waals surface area contributed by atoms with Crippen molar-refractivity contribution in [2.45, 2.75) is 0 Å². The average Bonchev–Trinajstić information content (AvgIpc) is 2.61. The molecule has 0 saturated heterocycles. The number of carbonyl (C=O) groups excluding carboxylic acids is 1. The summed E-state index contributed by atoms with van der Waals surface area (Å²) in [7, 11) is 1.71. The molecule has 0 bridgehead atoms. The van der Waals surface area contributed by atoms with E-state index in [0.717, 1.165) is 5.69 Å². The van der Waals surface area contributed by atoms with Crippen LogP contribution >= 0.6 is 23.2 Å². The lowest BCUT2D eigenvalue weighted by Crippen LogP contribution is -2.26. The molecule has 0 aliphatic heterocycles. The van der Waals surface area contributed by atoms with Gasteiger partial charge in [0.1, 0.15) is 0 Å². The lowest BCUT2D eigenvalue weighted by Gasteiger charge is -2.17. The zero-order chi connectivity index (χ0) is 17.8. The van der Waals surface area contributed by atoms with E-state index >= 15 is 0 Å². The first-order chi connectivity index (χ1) is 12.0. The molecule has 7 heteroatoms. The van der Waals surface area contributed by atoms with E-state index in [1.807, 2.05) is 30.3 Å². The summed E-state index contributed by atoms with van der Waals surface area (Å²) in [4.78, 5) is 22.4. The highest BCUT2D eigenvalue weighted by molar-refractivity contribution is 6.35. The highest BCUT2D eigenvalue weighted by Gasteiger charge is 2.14. The monoisotopic (exact) mass is 372 g/mol. The van der Waals surface area contributed by atoms with Gasteiger partial charge in [0.2, 0.25) is 5.95 Å². The molecule has 5 nitrogen and oxygen atoms in total. The number of anilines is 3. The van der Waals surface area contributed by atoms with Gasteiger partial charge in [-0.3, -0.25) is 4.79 Å². The Morgan fingerprint density at radius 3 is 2.20 bits per heavy atom. The summed E-state index contributed by atoms with van der Waals surface area (Å²) >= 11 is 11.9. The normalized spacial score (nSPS) is 10.4. The first-order valence-corrected chi connectivity index (χ1v) is 8.17. The van der Waals surface area contributed by atoms with Gasteiger partial charge in [0.15, 0.2) is 0 Å². The Morgan fingerprint density at radius 2 is 1.60 bits per heavy atom. The van der Waals surface area contributed by atoms with Crippen LogP contribution in [-0.2, 0) is 0 Å². The molecule has 0 radical (unpaired) electrons. The molecule has 1 N–H and O–H groups in total. The van der Waals surface area contributed by atoms with Gasteiger partial charge in [0, 0.05) is 40.9 Å². The van der Waals surface area contributed by atoms with Crippen LogP contribution in [0.4, 0.5) is 17.3 Å². The van der Waals surface area contributed by atoms with Crippen molar-refractivity contribution in [3.05, 3.63) is 76.5 Å². The molecule has 0 saturated carbocycles. The van der Waals surface area contributed by atoms with Gasteiger partial charge >= 0.3 is 0 Å². The minimum Gasteiger partial charge on any atom is -0.324 e. The number of hydrogen-bond donors (Lipinski definition) is 1. The van der Waals surface area contributed by atoms with Gasteiger partial charge in [0.25, 0.3) is 5.91 Å². The lowest BCUT2D eigenvalue weighted by molar-refractivity contribution is 0.0992. The fourth-order valence-corrected chi connectivity index (χ4v) is 2.75. The zero-order valence-corrected chi connectivity index (χ0v) is 14.8. The third-order valence-corrected chi connectivity index (χ3v) is 3.90. The fraction of sp³-hybridized carbons (Fsp3) is 0.0556. The Balaban J connectivity index is 1.74. The highest BCUT2D eigenvalue weighted by atomic mass is 35.5. The number of carbonyl (C=O) groups is 1. The molecule has 0 aliphatic carbocycles. The van der Waals surface area contributed by atoms with Crippen LogP contribution in [0.5, 0.6) is 0 Å². The highest BCUT2D eigenvalue weighted by Crippen LogP contribution is 2.24. The number of hydrogen-bond acceptors (Lipinski definition) is 4. The maximum Gasteiger partial charge on any atom is 0.261 e. The standard InChI is InChI=1S/C18H14Cl2N4O/c1-24(16-5-3-2-4-6-16)17(25)12-10-21-18(22-11-12)23-15-8-13(19)7-14(20)9-15/h2-11H,1H3,(H,21,22,23). The molecule has 3 rings (SSSR count). The van der Waals surface area contributed by atoms with Gasteiger partial charge in [-0.1, -0.05) is 41.4 Å². The molecule has 1 aromatic heterocycles. The Kier molecular flexibility index (Phi) is 5.16. The topological polar surface area (TPSA) is 58.1 Å². The van der Waals surface area contributed by atoms with E-state index in [0.29, 0.717) is 27.2 Å². The van der Waals surface area contributed by atoms with E-state index < -0.39 is 0 Å². The predicted molar refractivity (Wildman–Crippen MR) is 101 cm³/mol. The van der Waals surface area contributed by atoms with Crippen LogP contribution in [0.1, 0.15) is 10.4 Å². The van der Waals surface area contributed by atoms with Crippen LogP contribution in [0.3, 0.4) is 0 Å².